The van der Waals surface area contributed by atoms with Gasteiger partial charge in [-0.15, -0.1) is 0 Å². The van der Waals surface area contributed by atoms with Gasteiger partial charge in [0.25, 0.3) is 0 Å². The third kappa shape index (κ3) is 8.64. The summed E-state index contributed by atoms with van der Waals surface area (Å²) in [5.74, 6) is 0.988. The summed E-state index contributed by atoms with van der Waals surface area (Å²) >= 11 is 0. The normalized spacial score (nSPS) is 15.3. The highest BCUT2D eigenvalue weighted by atomic mass is 16.3. The Balaban J connectivity index is 1.29. The van der Waals surface area contributed by atoms with Crippen LogP contribution in [0.15, 0.2) is 30.5 Å². The van der Waals surface area contributed by atoms with Crippen molar-refractivity contribution < 1.29 is 9.90 Å². The Morgan fingerprint density at radius 2 is 1.85 bits per heavy atom. The predicted molar refractivity (Wildman–Crippen MR) is 166 cm³/mol. The molecule has 1 saturated heterocycles. The van der Waals surface area contributed by atoms with Gasteiger partial charge in [-0.1, -0.05) is 44.9 Å². The van der Waals surface area contributed by atoms with Gasteiger partial charge in [0, 0.05) is 77.6 Å². The minimum absolute atomic E-state index is 0.0269. The third-order valence-corrected chi connectivity index (χ3v) is 8.06. The molecule has 10 nitrogen and oxygen atoms in total. The lowest BCUT2D eigenvalue weighted by Gasteiger charge is -2.34. The van der Waals surface area contributed by atoms with Crippen LogP contribution in [0.4, 0.5) is 11.8 Å². The number of benzene rings is 1. The fourth-order valence-electron chi connectivity index (χ4n) is 5.44. The number of aliphatic hydroxyl groups is 1. The van der Waals surface area contributed by atoms with Gasteiger partial charge in [-0.2, -0.15) is 4.98 Å². The second kappa shape index (κ2) is 15.1. The maximum Gasteiger partial charge on any atom is 0.222 e. The zero-order valence-corrected chi connectivity index (χ0v) is 25.0. The summed E-state index contributed by atoms with van der Waals surface area (Å²) in [5.41, 5.74) is 11.7. The van der Waals surface area contributed by atoms with E-state index in [2.05, 4.69) is 73.2 Å². The minimum Gasteiger partial charge on any atom is -0.396 e. The molecule has 0 saturated carbocycles. The number of unbranched alkanes of at least 4 members (excludes halogenated alkanes) is 2. The number of aryl methyl sites for hydroxylation is 1. The van der Waals surface area contributed by atoms with Crippen LogP contribution in [-0.4, -0.2) is 87.8 Å². The quantitative estimate of drug-likeness (QED) is 0.208. The van der Waals surface area contributed by atoms with Gasteiger partial charge in [0.1, 0.15) is 5.52 Å². The number of fused-ring (bicyclic) bond motifs is 1. The van der Waals surface area contributed by atoms with Crippen molar-refractivity contribution in [2.24, 2.45) is 5.92 Å². The van der Waals surface area contributed by atoms with Gasteiger partial charge in [-0.3, -0.25) is 14.6 Å². The van der Waals surface area contributed by atoms with E-state index in [4.69, 9.17) is 10.8 Å². The molecule has 10 heteroatoms. The molecule has 3 aromatic rings. The van der Waals surface area contributed by atoms with E-state index in [0.717, 1.165) is 75.6 Å². The Morgan fingerprint density at radius 1 is 1.07 bits per heavy atom. The molecule has 1 aromatic carbocycles. The maximum atomic E-state index is 12.0. The first kappa shape index (κ1) is 30.7. The van der Waals surface area contributed by atoms with Crippen LogP contribution in [0.1, 0.15) is 56.2 Å². The number of nitrogens with zero attached hydrogens (tertiary/aromatic N) is 5. The van der Waals surface area contributed by atoms with E-state index >= 15 is 0 Å². The van der Waals surface area contributed by atoms with Crippen molar-refractivity contribution in [1.82, 2.24) is 29.7 Å². The van der Waals surface area contributed by atoms with E-state index < -0.39 is 0 Å². The number of carbonyl (C=O) groups excluding carboxylic acids is 1. The maximum absolute atomic E-state index is 12.0. The van der Waals surface area contributed by atoms with Gasteiger partial charge in [0.2, 0.25) is 11.9 Å². The summed E-state index contributed by atoms with van der Waals surface area (Å²) in [6.45, 7) is 14.4. The van der Waals surface area contributed by atoms with Gasteiger partial charge in [0.15, 0.2) is 5.82 Å². The van der Waals surface area contributed by atoms with Crippen molar-refractivity contribution in [2.75, 3.05) is 63.5 Å². The summed E-state index contributed by atoms with van der Waals surface area (Å²) in [7, 11) is 0. The van der Waals surface area contributed by atoms with Gasteiger partial charge >= 0.3 is 0 Å². The van der Waals surface area contributed by atoms with Crippen molar-refractivity contribution in [3.63, 3.8) is 0 Å². The molecule has 41 heavy (non-hydrogen) atoms. The molecular formula is C31H48N8O2. The first-order chi connectivity index (χ1) is 19.9. The molecule has 1 aliphatic heterocycles. The first-order valence-corrected chi connectivity index (χ1v) is 15.2. The lowest BCUT2D eigenvalue weighted by Crippen LogP contribution is -2.48. The van der Waals surface area contributed by atoms with E-state index in [1.54, 1.807) is 0 Å². The Labute approximate surface area is 244 Å². The number of aromatic nitrogens is 3. The predicted octanol–water partition coefficient (Wildman–Crippen LogP) is 3.22. The molecular weight excluding hydrogens is 516 g/mol. The summed E-state index contributed by atoms with van der Waals surface area (Å²) < 4.78 is 2.22. The van der Waals surface area contributed by atoms with Crippen molar-refractivity contribution >= 4 is 28.7 Å². The third-order valence-electron chi connectivity index (χ3n) is 8.06. The van der Waals surface area contributed by atoms with Crippen LogP contribution in [0.2, 0.25) is 0 Å². The van der Waals surface area contributed by atoms with Gasteiger partial charge in [-0.05, 0) is 42.5 Å². The van der Waals surface area contributed by atoms with Crippen LogP contribution in [0.5, 0.6) is 0 Å². The number of hydrogen-bond acceptors (Lipinski definition) is 8. The number of piperazine rings is 1. The number of hydrogen-bond donors (Lipinski definition) is 4. The van der Waals surface area contributed by atoms with Crippen LogP contribution in [0.3, 0.4) is 0 Å². The van der Waals surface area contributed by atoms with Gasteiger partial charge in [0.05, 0.1) is 5.52 Å². The Kier molecular flexibility index (Phi) is 11.4. The van der Waals surface area contributed by atoms with E-state index in [1.165, 1.54) is 29.5 Å². The largest absolute Gasteiger partial charge is 0.396 e. The van der Waals surface area contributed by atoms with E-state index in [1.807, 2.05) is 13.0 Å². The van der Waals surface area contributed by atoms with Crippen LogP contribution >= 0.6 is 0 Å². The molecule has 4 rings (SSSR count). The number of nitrogen functional groups attached to an aromatic ring is 1. The Bertz CT molecular complexity index is 1270. The standard InChI is InChI=1S/C31H48N8O2/c1-4-5-6-11-33-29-28-27(35-31(32)36-29)9-13-39(28)22-26-8-7-25(20-24(26)3)21-38-17-15-37(16-18-38)14-12-34-30(41)23(2)10-19-40/h7-9,13,20,23,40H,4-6,10-12,14-19,21-22H2,1-3H3,(H,34,41)(H3,32,33,35,36). The van der Waals surface area contributed by atoms with Crippen molar-refractivity contribution in [3.8, 4) is 0 Å². The second-order valence-corrected chi connectivity index (χ2v) is 11.3. The highest BCUT2D eigenvalue weighted by molar-refractivity contribution is 5.87. The highest BCUT2D eigenvalue weighted by Gasteiger charge is 2.18. The first-order valence-electron chi connectivity index (χ1n) is 15.2. The topological polar surface area (TPSA) is 125 Å². The molecule has 0 aliphatic carbocycles. The Morgan fingerprint density at radius 3 is 2.59 bits per heavy atom. The molecule has 0 spiro atoms. The smallest absolute Gasteiger partial charge is 0.222 e. The summed E-state index contributed by atoms with van der Waals surface area (Å²) in [6, 6.07) is 8.83. The number of rotatable bonds is 15. The average molecular weight is 565 g/mol. The lowest BCUT2D eigenvalue weighted by atomic mass is 10.0. The lowest BCUT2D eigenvalue weighted by molar-refractivity contribution is -0.125. The minimum atomic E-state index is -0.141. The SMILES string of the molecule is CCCCCNc1nc(N)nc2ccn(Cc3ccc(CN4CCN(CCNC(=O)C(C)CCO)CC4)cc3C)c12. The molecule has 1 atom stereocenters. The number of aliphatic hydroxyl groups excluding tert-OH is 1. The molecule has 224 valence electrons. The van der Waals surface area contributed by atoms with Crippen molar-refractivity contribution in [1.29, 1.82) is 0 Å². The van der Waals surface area contributed by atoms with Crippen LogP contribution in [0, 0.1) is 12.8 Å². The number of nitrogens with two attached hydrogens (primary N) is 1. The molecule has 1 aliphatic rings. The zero-order valence-electron chi connectivity index (χ0n) is 25.0. The van der Waals surface area contributed by atoms with Crippen molar-refractivity contribution in [2.45, 2.75) is 59.5 Å². The summed E-state index contributed by atoms with van der Waals surface area (Å²) in [4.78, 5) is 25.9. The molecule has 1 fully saturated rings. The summed E-state index contributed by atoms with van der Waals surface area (Å²) in [5, 5.41) is 15.5. The average Bonchev–Trinajstić information content (AvgIpc) is 3.35. The van der Waals surface area contributed by atoms with E-state index in [0.29, 0.717) is 18.9 Å². The van der Waals surface area contributed by atoms with Gasteiger partial charge in [-0.25, -0.2) is 4.98 Å². The number of amides is 1. The zero-order chi connectivity index (χ0) is 29.2. The summed E-state index contributed by atoms with van der Waals surface area (Å²) in [6.07, 6.45) is 6.05. The van der Waals surface area contributed by atoms with E-state index in [9.17, 15) is 4.79 Å². The molecule has 1 unspecified atom stereocenters. The van der Waals surface area contributed by atoms with E-state index in [-0.39, 0.29) is 18.4 Å². The fraction of sp³-hybridized carbons (Fsp3) is 0.581. The number of anilines is 2. The molecule has 5 N–H and O–H groups in total. The molecule has 0 radical (unpaired) electrons. The molecule has 1 amide bonds. The fourth-order valence-corrected chi connectivity index (χ4v) is 5.44. The van der Waals surface area contributed by atoms with Crippen LogP contribution in [0.25, 0.3) is 11.0 Å². The second-order valence-electron chi connectivity index (χ2n) is 11.3. The molecule has 2 aromatic heterocycles. The van der Waals surface area contributed by atoms with Gasteiger partial charge < -0.3 is 26.0 Å². The van der Waals surface area contributed by atoms with Crippen LogP contribution in [-0.2, 0) is 17.9 Å². The molecule has 0 bridgehead atoms. The van der Waals surface area contributed by atoms with Crippen molar-refractivity contribution in [3.05, 3.63) is 47.2 Å². The van der Waals surface area contributed by atoms with Crippen LogP contribution < -0.4 is 16.4 Å². The highest BCUT2D eigenvalue weighted by Crippen LogP contribution is 2.25. The molecule has 3 heterocycles. The monoisotopic (exact) mass is 564 g/mol. The number of carbonyl (C=O) groups is 1. The Hall–Kier alpha value is -3.21. The number of nitrogens with one attached hydrogen (secondary N) is 2.